The molecule has 0 N–H and O–H groups in total. The van der Waals surface area contributed by atoms with Crippen LogP contribution < -0.4 is 19.6 Å². The molecular formula is C56H40N4. The zero-order valence-electron chi connectivity index (χ0n) is 32.9. The molecule has 0 saturated carbocycles. The Labute approximate surface area is 350 Å². The van der Waals surface area contributed by atoms with E-state index in [4.69, 9.17) is 0 Å². The van der Waals surface area contributed by atoms with Gasteiger partial charge in [0.05, 0.1) is 34.1 Å². The molecule has 284 valence electrons. The molecule has 0 fully saturated rings. The molecule has 1 aliphatic rings. The Morgan fingerprint density at radius 1 is 0.233 bits per heavy atom. The predicted octanol–water partition coefficient (Wildman–Crippen LogP) is 16.2. The van der Waals surface area contributed by atoms with E-state index in [2.05, 4.69) is 262 Å². The highest BCUT2D eigenvalue weighted by Gasteiger charge is 2.30. The van der Waals surface area contributed by atoms with Crippen molar-refractivity contribution in [1.29, 1.82) is 0 Å². The topological polar surface area (TPSA) is 13.0 Å². The predicted molar refractivity (Wildman–Crippen MR) is 254 cm³/mol. The highest BCUT2D eigenvalue weighted by Crippen LogP contribution is 2.54. The van der Waals surface area contributed by atoms with Crippen molar-refractivity contribution in [2.75, 3.05) is 19.6 Å². The Kier molecular flexibility index (Phi) is 8.79. The first-order valence-electron chi connectivity index (χ1n) is 20.4. The van der Waals surface area contributed by atoms with Crippen molar-refractivity contribution in [3.63, 3.8) is 0 Å². The second kappa shape index (κ2) is 15.0. The maximum Gasteiger partial charge on any atom is 0.0703 e. The van der Waals surface area contributed by atoms with E-state index in [1.165, 1.54) is 21.5 Å². The Morgan fingerprint density at radius 2 is 0.533 bits per heavy atom. The number of anilines is 12. The van der Waals surface area contributed by atoms with E-state index in [0.29, 0.717) is 0 Å². The molecule has 1 aliphatic heterocycles. The third-order valence-electron chi connectivity index (χ3n) is 11.5. The fourth-order valence-corrected chi connectivity index (χ4v) is 8.82. The third-order valence-corrected chi connectivity index (χ3v) is 11.5. The van der Waals surface area contributed by atoms with Gasteiger partial charge in [0.25, 0.3) is 0 Å². The molecule has 10 aromatic rings. The number of para-hydroxylation sites is 6. The van der Waals surface area contributed by atoms with Crippen LogP contribution in [0.4, 0.5) is 68.2 Å². The van der Waals surface area contributed by atoms with Gasteiger partial charge in [-0.1, -0.05) is 133 Å². The van der Waals surface area contributed by atoms with Crippen LogP contribution in [0, 0.1) is 0 Å². The van der Waals surface area contributed by atoms with Crippen molar-refractivity contribution < 1.29 is 0 Å². The van der Waals surface area contributed by atoms with Gasteiger partial charge in [0.15, 0.2) is 0 Å². The Morgan fingerprint density at radius 3 is 0.917 bits per heavy atom. The second-order valence-corrected chi connectivity index (χ2v) is 15.0. The Bertz CT molecular complexity index is 2840. The van der Waals surface area contributed by atoms with Crippen molar-refractivity contribution in [2.45, 2.75) is 0 Å². The molecule has 4 heteroatoms. The molecule has 0 spiro atoms. The summed E-state index contributed by atoms with van der Waals surface area (Å²) in [6.07, 6.45) is 0. The van der Waals surface area contributed by atoms with E-state index in [1.54, 1.807) is 0 Å². The molecule has 0 unspecified atom stereocenters. The van der Waals surface area contributed by atoms with Crippen molar-refractivity contribution in [1.82, 2.24) is 0 Å². The van der Waals surface area contributed by atoms with Gasteiger partial charge in [0, 0.05) is 44.9 Å². The lowest BCUT2D eigenvalue weighted by atomic mass is 10.0. The van der Waals surface area contributed by atoms with Crippen molar-refractivity contribution in [2.24, 2.45) is 0 Å². The minimum Gasteiger partial charge on any atom is -0.310 e. The van der Waals surface area contributed by atoms with Crippen molar-refractivity contribution >= 4 is 89.8 Å². The van der Waals surface area contributed by atoms with Crippen LogP contribution in [0.1, 0.15) is 0 Å². The quantitative estimate of drug-likeness (QED) is 0.153. The molecular weight excluding hydrogens is 729 g/mol. The lowest BCUT2D eigenvalue weighted by molar-refractivity contribution is 1.17. The fraction of sp³-hybridized carbons (Fsp3) is 0. The number of rotatable bonds is 8. The Hall–Kier alpha value is -8.08. The van der Waals surface area contributed by atoms with E-state index in [9.17, 15) is 0 Å². The highest BCUT2D eigenvalue weighted by molar-refractivity contribution is 6.03. The van der Waals surface area contributed by atoms with Gasteiger partial charge in [0.1, 0.15) is 0 Å². The second-order valence-electron chi connectivity index (χ2n) is 15.0. The summed E-state index contributed by atoms with van der Waals surface area (Å²) in [5, 5.41) is 4.85. The zero-order valence-corrected chi connectivity index (χ0v) is 32.9. The van der Waals surface area contributed by atoms with Crippen molar-refractivity contribution in [3.8, 4) is 0 Å². The molecule has 4 nitrogen and oxygen atoms in total. The van der Waals surface area contributed by atoms with E-state index in [0.717, 1.165) is 68.2 Å². The largest absolute Gasteiger partial charge is 0.310 e. The van der Waals surface area contributed by atoms with E-state index < -0.39 is 0 Å². The average molecular weight is 769 g/mol. The smallest absolute Gasteiger partial charge is 0.0703 e. The molecule has 0 radical (unpaired) electrons. The summed E-state index contributed by atoms with van der Waals surface area (Å²) in [6.45, 7) is 0. The van der Waals surface area contributed by atoms with E-state index in [1.807, 2.05) is 0 Å². The summed E-state index contributed by atoms with van der Waals surface area (Å²) >= 11 is 0. The summed E-state index contributed by atoms with van der Waals surface area (Å²) < 4.78 is 0. The van der Waals surface area contributed by atoms with E-state index >= 15 is 0 Å². The van der Waals surface area contributed by atoms with Crippen LogP contribution in [0.2, 0.25) is 0 Å². The van der Waals surface area contributed by atoms with Gasteiger partial charge in [-0.05, 0) is 120 Å². The molecule has 0 aromatic heterocycles. The fourth-order valence-electron chi connectivity index (χ4n) is 8.82. The molecule has 0 amide bonds. The van der Waals surface area contributed by atoms with Gasteiger partial charge >= 0.3 is 0 Å². The summed E-state index contributed by atoms with van der Waals surface area (Å²) in [5.74, 6) is 0. The number of nitrogens with zero attached hydrogens (tertiary/aromatic N) is 4. The number of fused-ring (bicyclic) bond motifs is 4. The van der Waals surface area contributed by atoms with Crippen LogP contribution in [0.15, 0.2) is 243 Å². The van der Waals surface area contributed by atoms with Crippen LogP contribution in [-0.2, 0) is 0 Å². The van der Waals surface area contributed by atoms with Crippen LogP contribution >= 0.6 is 0 Å². The first-order chi connectivity index (χ1) is 29.8. The number of hydrogen-bond acceptors (Lipinski definition) is 4. The number of hydrogen-bond donors (Lipinski definition) is 0. The van der Waals surface area contributed by atoms with Crippen molar-refractivity contribution in [3.05, 3.63) is 243 Å². The Balaban J connectivity index is 0.984. The summed E-state index contributed by atoms with van der Waals surface area (Å²) in [4.78, 5) is 9.49. The van der Waals surface area contributed by atoms with Gasteiger partial charge < -0.3 is 19.6 Å². The molecule has 0 aliphatic carbocycles. The first kappa shape index (κ1) is 35.1. The van der Waals surface area contributed by atoms with Crippen LogP contribution in [0.5, 0.6) is 0 Å². The first-order valence-corrected chi connectivity index (χ1v) is 20.4. The lowest BCUT2D eigenvalue weighted by Gasteiger charge is -2.40. The van der Waals surface area contributed by atoms with Crippen LogP contribution in [-0.4, -0.2) is 0 Å². The highest BCUT2D eigenvalue weighted by atomic mass is 15.3. The van der Waals surface area contributed by atoms with Gasteiger partial charge in [-0.25, -0.2) is 0 Å². The standard InChI is InChI=1S/C56H40N4/c1-3-21-43(22-4-1)57(51-31-15-19-41-17-7-9-25-49(41)51)45-33-37-47(38-34-45)59-53-27-11-13-29-55(53)60(56-30-14-12-28-54(56)59)48-39-35-46(36-40-48)58(44-23-5-2-6-24-44)52-32-16-20-42-18-8-10-26-50(42)52/h1-40H. The average Bonchev–Trinajstić information content (AvgIpc) is 3.32. The molecule has 0 saturated heterocycles. The van der Waals surface area contributed by atoms with Crippen LogP contribution in [0.3, 0.4) is 0 Å². The normalized spacial score (nSPS) is 11.9. The maximum absolute atomic E-state index is 2.39. The minimum absolute atomic E-state index is 1.09. The van der Waals surface area contributed by atoms with Gasteiger partial charge in [-0.15, -0.1) is 0 Å². The molecule has 0 bridgehead atoms. The minimum atomic E-state index is 1.09. The summed E-state index contributed by atoms with van der Waals surface area (Å²) in [7, 11) is 0. The summed E-state index contributed by atoms with van der Waals surface area (Å²) in [6, 6.07) is 87.0. The van der Waals surface area contributed by atoms with Gasteiger partial charge in [0.2, 0.25) is 0 Å². The molecule has 60 heavy (non-hydrogen) atoms. The lowest BCUT2D eigenvalue weighted by Crippen LogP contribution is -2.24. The van der Waals surface area contributed by atoms with E-state index in [-0.39, 0.29) is 0 Å². The molecule has 10 aromatic carbocycles. The van der Waals surface area contributed by atoms with Gasteiger partial charge in [-0.3, -0.25) is 0 Å². The third kappa shape index (κ3) is 6.10. The van der Waals surface area contributed by atoms with Gasteiger partial charge in [-0.2, -0.15) is 0 Å². The SMILES string of the molecule is c1ccc(N(c2ccc(N3c4ccccc4N(c4ccc(N(c5ccccc5)c5cccc6ccccc56)cc4)c4ccccc43)cc2)c2cccc3ccccc23)cc1. The number of benzene rings is 10. The molecule has 1 heterocycles. The summed E-state index contributed by atoms with van der Waals surface area (Å²) in [5.41, 5.74) is 13.3. The zero-order chi connectivity index (χ0) is 39.8. The molecule has 0 atom stereocenters. The molecule has 11 rings (SSSR count). The monoisotopic (exact) mass is 768 g/mol. The van der Waals surface area contributed by atoms with Crippen LogP contribution in [0.25, 0.3) is 21.5 Å². The maximum atomic E-state index is 2.39.